The van der Waals surface area contributed by atoms with E-state index >= 15 is 0 Å². The van der Waals surface area contributed by atoms with Crippen LogP contribution < -0.4 is 5.32 Å². The number of nitrogens with zero attached hydrogens (tertiary/aromatic N) is 1. The lowest BCUT2D eigenvalue weighted by atomic mass is 10.1. The van der Waals surface area contributed by atoms with E-state index in [4.69, 9.17) is 4.74 Å². The van der Waals surface area contributed by atoms with Gasteiger partial charge < -0.3 is 15.0 Å². The molecule has 2 rings (SSSR count). The van der Waals surface area contributed by atoms with E-state index in [1.807, 2.05) is 0 Å². The topological polar surface area (TPSA) is 41.6 Å². The number of hydrogen-bond donors (Lipinski definition) is 1. The van der Waals surface area contributed by atoms with Crippen molar-refractivity contribution in [1.29, 1.82) is 0 Å². The lowest BCUT2D eigenvalue weighted by Gasteiger charge is -2.26. The van der Waals surface area contributed by atoms with Gasteiger partial charge in [0.25, 0.3) is 0 Å². The van der Waals surface area contributed by atoms with Gasteiger partial charge in [-0.05, 0) is 25.7 Å². The van der Waals surface area contributed by atoms with Crippen LogP contribution in [0, 0.1) is 0 Å². The van der Waals surface area contributed by atoms with Gasteiger partial charge in [0.2, 0.25) is 5.91 Å². The van der Waals surface area contributed by atoms with E-state index < -0.39 is 0 Å². The fraction of sp³-hybridized carbons (Fsp3) is 0.917. The van der Waals surface area contributed by atoms with Gasteiger partial charge in [-0.2, -0.15) is 0 Å². The molecule has 2 heterocycles. The maximum atomic E-state index is 12.3. The zero-order valence-corrected chi connectivity index (χ0v) is 10.2. The zero-order chi connectivity index (χ0) is 11.5. The van der Waals surface area contributed by atoms with Crippen LogP contribution in [0.25, 0.3) is 0 Å². The van der Waals surface area contributed by atoms with Crippen molar-refractivity contribution in [2.75, 3.05) is 20.2 Å². The lowest BCUT2D eigenvalue weighted by Crippen LogP contribution is -2.45. The Morgan fingerprint density at radius 1 is 1.56 bits per heavy atom. The van der Waals surface area contributed by atoms with Crippen LogP contribution in [0.2, 0.25) is 0 Å². The minimum atomic E-state index is -0.0166. The SMILES string of the molecule is CCC1CCCN1C(=O)C1CC(OC)CN1. The molecule has 0 bridgehead atoms. The Bertz CT molecular complexity index is 257. The maximum absolute atomic E-state index is 12.3. The van der Waals surface area contributed by atoms with Gasteiger partial charge in [-0.15, -0.1) is 0 Å². The summed E-state index contributed by atoms with van der Waals surface area (Å²) in [5.41, 5.74) is 0. The predicted molar refractivity (Wildman–Crippen MR) is 62.2 cm³/mol. The van der Waals surface area contributed by atoms with Gasteiger partial charge in [0, 0.05) is 26.2 Å². The molecule has 92 valence electrons. The Morgan fingerprint density at radius 2 is 2.38 bits per heavy atom. The molecule has 0 aromatic carbocycles. The zero-order valence-electron chi connectivity index (χ0n) is 10.2. The number of amides is 1. The van der Waals surface area contributed by atoms with Crippen LogP contribution in [0.3, 0.4) is 0 Å². The van der Waals surface area contributed by atoms with E-state index in [0.29, 0.717) is 6.04 Å². The number of carbonyl (C=O) groups excluding carboxylic acids is 1. The second-order valence-electron chi connectivity index (χ2n) is 4.79. The van der Waals surface area contributed by atoms with Crippen molar-refractivity contribution in [3.05, 3.63) is 0 Å². The van der Waals surface area contributed by atoms with Crippen molar-refractivity contribution in [3.63, 3.8) is 0 Å². The molecule has 0 saturated carbocycles. The smallest absolute Gasteiger partial charge is 0.240 e. The standard InChI is InChI=1S/C12H22N2O2/c1-3-9-5-4-6-14(9)12(15)11-7-10(16-2)8-13-11/h9-11,13H,3-8H2,1-2H3. The maximum Gasteiger partial charge on any atom is 0.240 e. The molecule has 0 aromatic rings. The van der Waals surface area contributed by atoms with Crippen molar-refractivity contribution in [2.45, 2.75) is 50.8 Å². The minimum Gasteiger partial charge on any atom is -0.380 e. The Hall–Kier alpha value is -0.610. The number of hydrogen-bond acceptors (Lipinski definition) is 3. The average Bonchev–Trinajstić information content (AvgIpc) is 2.96. The third-order valence-corrected chi connectivity index (χ3v) is 3.85. The molecule has 4 heteroatoms. The quantitative estimate of drug-likeness (QED) is 0.772. The molecular formula is C12H22N2O2. The third kappa shape index (κ3) is 2.23. The van der Waals surface area contributed by atoms with E-state index in [2.05, 4.69) is 17.1 Å². The highest BCUT2D eigenvalue weighted by molar-refractivity contribution is 5.82. The van der Waals surface area contributed by atoms with Crippen LogP contribution in [0.5, 0.6) is 0 Å². The van der Waals surface area contributed by atoms with E-state index in [1.165, 1.54) is 6.42 Å². The number of nitrogens with one attached hydrogen (secondary N) is 1. The van der Waals surface area contributed by atoms with Crippen LogP contribution in [-0.2, 0) is 9.53 Å². The number of carbonyl (C=O) groups is 1. The first-order valence-electron chi connectivity index (χ1n) is 6.33. The molecule has 4 nitrogen and oxygen atoms in total. The summed E-state index contributed by atoms with van der Waals surface area (Å²) in [4.78, 5) is 14.4. The fourth-order valence-corrected chi connectivity index (χ4v) is 2.82. The van der Waals surface area contributed by atoms with Gasteiger partial charge in [-0.25, -0.2) is 0 Å². The van der Waals surface area contributed by atoms with Crippen molar-refractivity contribution >= 4 is 5.91 Å². The molecule has 0 aliphatic carbocycles. The molecule has 3 unspecified atom stereocenters. The number of likely N-dealkylation sites (tertiary alicyclic amines) is 1. The first kappa shape index (κ1) is 11.9. The van der Waals surface area contributed by atoms with Crippen LogP contribution in [0.15, 0.2) is 0 Å². The molecule has 0 spiro atoms. The van der Waals surface area contributed by atoms with E-state index in [9.17, 15) is 4.79 Å². The Kier molecular flexibility index (Phi) is 3.82. The lowest BCUT2D eigenvalue weighted by molar-refractivity contribution is -0.134. The summed E-state index contributed by atoms with van der Waals surface area (Å²) in [6, 6.07) is 0.452. The summed E-state index contributed by atoms with van der Waals surface area (Å²) in [5, 5.41) is 3.26. The largest absolute Gasteiger partial charge is 0.380 e. The summed E-state index contributed by atoms with van der Waals surface area (Å²) >= 11 is 0. The molecule has 16 heavy (non-hydrogen) atoms. The first-order chi connectivity index (χ1) is 7.76. The highest BCUT2D eigenvalue weighted by atomic mass is 16.5. The summed E-state index contributed by atoms with van der Waals surface area (Å²) in [6.45, 7) is 3.90. The van der Waals surface area contributed by atoms with Crippen molar-refractivity contribution in [3.8, 4) is 0 Å². The number of methoxy groups -OCH3 is 1. The summed E-state index contributed by atoms with van der Waals surface area (Å²) in [5.74, 6) is 0.281. The molecule has 1 N–H and O–H groups in total. The van der Waals surface area contributed by atoms with Crippen molar-refractivity contribution in [1.82, 2.24) is 10.2 Å². The molecule has 2 aliphatic rings. The first-order valence-corrected chi connectivity index (χ1v) is 6.33. The normalized spacial score (nSPS) is 34.6. The Morgan fingerprint density at radius 3 is 3.00 bits per heavy atom. The van der Waals surface area contributed by atoms with Gasteiger partial charge in [0.15, 0.2) is 0 Å². The monoisotopic (exact) mass is 226 g/mol. The van der Waals surface area contributed by atoms with Gasteiger partial charge >= 0.3 is 0 Å². The van der Waals surface area contributed by atoms with Crippen LogP contribution in [0.1, 0.15) is 32.6 Å². The summed E-state index contributed by atoms with van der Waals surface area (Å²) < 4.78 is 5.27. The fourth-order valence-electron chi connectivity index (χ4n) is 2.82. The molecule has 0 radical (unpaired) electrons. The van der Waals surface area contributed by atoms with Crippen LogP contribution >= 0.6 is 0 Å². The highest BCUT2D eigenvalue weighted by Gasteiger charge is 2.36. The van der Waals surface area contributed by atoms with Gasteiger partial charge in [-0.3, -0.25) is 4.79 Å². The van der Waals surface area contributed by atoms with Crippen LogP contribution in [0.4, 0.5) is 0 Å². The van der Waals surface area contributed by atoms with Gasteiger partial charge in [0.1, 0.15) is 0 Å². The summed E-state index contributed by atoms with van der Waals surface area (Å²) in [7, 11) is 1.71. The minimum absolute atomic E-state index is 0.0166. The molecule has 1 amide bonds. The van der Waals surface area contributed by atoms with Gasteiger partial charge in [-0.1, -0.05) is 6.92 Å². The third-order valence-electron chi connectivity index (χ3n) is 3.85. The van der Waals surface area contributed by atoms with Crippen molar-refractivity contribution < 1.29 is 9.53 Å². The van der Waals surface area contributed by atoms with Crippen molar-refractivity contribution in [2.24, 2.45) is 0 Å². The Labute approximate surface area is 97.3 Å². The Balaban J connectivity index is 1.92. The highest BCUT2D eigenvalue weighted by Crippen LogP contribution is 2.22. The second kappa shape index (κ2) is 5.15. The molecule has 2 saturated heterocycles. The average molecular weight is 226 g/mol. The molecular weight excluding hydrogens is 204 g/mol. The molecule has 0 aromatic heterocycles. The number of rotatable bonds is 3. The second-order valence-corrected chi connectivity index (χ2v) is 4.79. The molecule has 2 aliphatic heterocycles. The van der Waals surface area contributed by atoms with Crippen LogP contribution in [-0.4, -0.2) is 49.2 Å². The number of ether oxygens (including phenoxy) is 1. The predicted octanol–water partition coefficient (Wildman–Crippen LogP) is 0.764. The van der Waals surface area contributed by atoms with E-state index in [0.717, 1.165) is 32.4 Å². The molecule has 2 fully saturated rings. The molecule has 3 atom stereocenters. The van der Waals surface area contributed by atoms with E-state index in [-0.39, 0.29) is 18.1 Å². The van der Waals surface area contributed by atoms with Gasteiger partial charge in [0.05, 0.1) is 12.1 Å². The summed E-state index contributed by atoms with van der Waals surface area (Å²) in [6.07, 6.45) is 4.43. The van der Waals surface area contributed by atoms with E-state index in [1.54, 1.807) is 7.11 Å².